The third kappa shape index (κ3) is 3.80. The van der Waals surface area contributed by atoms with Crippen LogP contribution in [0.25, 0.3) is 0 Å². The van der Waals surface area contributed by atoms with Gasteiger partial charge in [0.15, 0.2) is 5.96 Å². The second kappa shape index (κ2) is 8.90. The normalized spacial score (nSPS) is 27.0. The van der Waals surface area contributed by atoms with Crippen LogP contribution in [-0.2, 0) is 16.1 Å². The summed E-state index contributed by atoms with van der Waals surface area (Å²) in [5, 5.41) is 6.55. The van der Waals surface area contributed by atoms with Crippen molar-refractivity contribution in [1.82, 2.24) is 15.5 Å². The Balaban J connectivity index is 1.23. The molecule has 1 heterocycles. The number of hydrogen-bond donors (Lipinski definition) is 2. The van der Waals surface area contributed by atoms with Gasteiger partial charge in [0, 0.05) is 32.2 Å². The van der Waals surface area contributed by atoms with Crippen molar-refractivity contribution in [2.24, 2.45) is 28.7 Å². The molecule has 7 heteroatoms. The van der Waals surface area contributed by atoms with Crippen molar-refractivity contribution in [2.75, 3.05) is 26.7 Å². The number of carbonyl (C=O) groups is 2. The number of nitrogens with zero attached hydrogens (tertiary/aromatic N) is 2. The van der Waals surface area contributed by atoms with E-state index in [1.54, 1.807) is 7.05 Å². The molecule has 7 nitrogen and oxygen atoms in total. The second-order valence-corrected chi connectivity index (χ2v) is 8.07. The molecule has 1 aliphatic heterocycles. The number of carbonyl (C=O) groups excluding carboxylic acids is 2. The lowest BCUT2D eigenvalue weighted by atomic mass is 9.85. The average Bonchev–Trinajstić information content (AvgIpc) is 3.44. The van der Waals surface area contributed by atoms with E-state index in [9.17, 15) is 9.59 Å². The number of rotatable bonds is 8. The zero-order chi connectivity index (χ0) is 21.1. The molecule has 0 radical (unpaired) electrons. The number of fused-ring (bicyclic) bond motifs is 5. The Bertz CT molecular complexity index is 836. The molecule has 2 aliphatic carbocycles. The van der Waals surface area contributed by atoms with Gasteiger partial charge < -0.3 is 15.4 Å². The third-order valence-electron chi connectivity index (χ3n) is 6.35. The summed E-state index contributed by atoms with van der Waals surface area (Å²) in [5.41, 5.74) is 1.06. The second-order valence-electron chi connectivity index (χ2n) is 8.07. The number of nitrogens with one attached hydrogen (secondary N) is 2. The Hall–Kier alpha value is -2.83. The van der Waals surface area contributed by atoms with Gasteiger partial charge in [0.2, 0.25) is 11.8 Å². The van der Waals surface area contributed by atoms with Gasteiger partial charge in [0.05, 0.1) is 18.4 Å². The molecule has 4 atom stereocenters. The van der Waals surface area contributed by atoms with Crippen LogP contribution in [0.4, 0.5) is 0 Å². The van der Waals surface area contributed by atoms with Crippen LogP contribution in [0.1, 0.15) is 25.3 Å². The molecule has 2 bridgehead atoms. The molecule has 2 N–H and O–H groups in total. The highest BCUT2D eigenvalue weighted by Crippen LogP contribution is 2.52. The maximum absolute atomic E-state index is 12.7. The van der Waals surface area contributed by atoms with Crippen molar-refractivity contribution in [1.29, 1.82) is 0 Å². The first-order chi connectivity index (χ1) is 14.6. The highest BCUT2D eigenvalue weighted by molar-refractivity contribution is 6.06. The van der Waals surface area contributed by atoms with Crippen molar-refractivity contribution in [3.05, 3.63) is 42.0 Å². The van der Waals surface area contributed by atoms with Gasteiger partial charge in [-0.25, -0.2) is 0 Å². The molecule has 4 rings (SSSR count). The van der Waals surface area contributed by atoms with E-state index < -0.39 is 0 Å². The summed E-state index contributed by atoms with van der Waals surface area (Å²) >= 11 is 0. The molecule has 0 spiro atoms. The summed E-state index contributed by atoms with van der Waals surface area (Å²) in [6, 6.07) is 7.92. The van der Waals surface area contributed by atoms with E-state index >= 15 is 0 Å². The van der Waals surface area contributed by atoms with Gasteiger partial charge in [0.1, 0.15) is 5.75 Å². The molecule has 30 heavy (non-hydrogen) atoms. The molecule has 0 aromatic heterocycles. The Morgan fingerprint density at radius 1 is 1.13 bits per heavy atom. The first-order valence-electron chi connectivity index (χ1n) is 10.8. The van der Waals surface area contributed by atoms with Crippen LogP contribution in [0, 0.1) is 23.7 Å². The van der Waals surface area contributed by atoms with Gasteiger partial charge in [0.25, 0.3) is 0 Å². The third-order valence-corrected chi connectivity index (χ3v) is 6.35. The molecule has 160 valence electrons. The first kappa shape index (κ1) is 20.4. The fourth-order valence-electron chi connectivity index (χ4n) is 4.97. The van der Waals surface area contributed by atoms with Gasteiger partial charge in [-0.3, -0.25) is 19.5 Å². The standard InChI is InChI=1S/C23H30N4O3/c1-3-30-18-8-5-4-7-17(18)14-26-23(24-2)25-11-6-12-27-21(28)19-15-9-10-16(13-15)20(19)22(27)29/h4-5,7-10,15-16,19-20H,3,6,11-14H2,1-2H3,(H2,24,25,26). The topological polar surface area (TPSA) is 83.0 Å². The van der Waals surface area contributed by atoms with E-state index in [1.807, 2.05) is 31.2 Å². The molecule has 1 saturated carbocycles. The number of guanidine groups is 1. The Labute approximate surface area is 177 Å². The Morgan fingerprint density at radius 3 is 2.50 bits per heavy atom. The van der Waals surface area contributed by atoms with Crippen LogP contribution in [0.3, 0.4) is 0 Å². The lowest BCUT2D eigenvalue weighted by Crippen LogP contribution is -2.39. The van der Waals surface area contributed by atoms with Crippen molar-refractivity contribution in [3.8, 4) is 5.75 Å². The van der Waals surface area contributed by atoms with Crippen LogP contribution in [-0.4, -0.2) is 49.4 Å². The summed E-state index contributed by atoms with van der Waals surface area (Å²) in [5.74, 6) is 1.90. The van der Waals surface area contributed by atoms with E-state index in [1.165, 1.54) is 4.90 Å². The number of aliphatic imine (C=N–C) groups is 1. The van der Waals surface area contributed by atoms with Crippen molar-refractivity contribution < 1.29 is 14.3 Å². The van der Waals surface area contributed by atoms with Crippen molar-refractivity contribution in [3.63, 3.8) is 0 Å². The SMILES string of the molecule is CCOc1ccccc1CNC(=NC)NCCCN1C(=O)C2C3C=CC(C3)C2C1=O. The van der Waals surface area contributed by atoms with E-state index in [-0.39, 0.29) is 35.5 Å². The maximum atomic E-state index is 12.7. The van der Waals surface area contributed by atoms with E-state index in [4.69, 9.17) is 4.74 Å². The van der Waals surface area contributed by atoms with Crippen LogP contribution in [0.15, 0.2) is 41.4 Å². The van der Waals surface area contributed by atoms with Crippen LogP contribution in [0.2, 0.25) is 0 Å². The van der Waals surface area contributed by atoms with Crippen LogP contribution < -0.4 is 15.4 Å². The van der Waals surface area contributed by atoms with Crippen LogP contribution in [0.5, 0.6) is 5.75 Å². The summed E-state index contributed by atoms with van der Waals surface area (Å²) < 4.78 is 5.66. The summed E-state index contributed by atoms with van der Waals surface area (Å²) in [6.07, 6.45) is 5.91. The minimum absolute atomic E-state index is 0.0249. The number of hydrogen-bond acceptors (Lipinski definition) is 4. The largest absolute Gasteiger partial charge is 0.494 e. The molecule has 1 aromatic carbocycles. The minimum atomic E-state index is -0.111. The number of likely N-dealkylation sites (tertiary alicyclic amines) is 1. The van der Waals surface area contributed by atoms with Crippen LogP contribution >= 0.6 is 0 Å². The minimum Gasteiger partial charge on any atom is -0.494 e. The van der Waals surface area contributed by atoms with Gasteiger partial charge in [-0.1, -0.05) is 30.4 Å². The van der Waals surface area contributed by atoms with Gasteiger partial charge in [-0.2, -0.15) is 0 Å². The number of imide groups is 1. The molecular formula is C23H30N4O3. The average molecular weight is 411 g/mol. The van der Waals surface area contributed by atoms with Gasteiger partial charge in [-0.15, -0.1) is 0 Å². The predicted octanol–water partition coefficient (Wildman–Crippen LogP) is 1.95. The summed E-state index contributed by atoms with van der Waals surface area (Å²) in [6.45, 7) is 4.27. The molecule has 2 fully saturated rings. The van der Waals surface area contributed by atoms with Gasteiger partial charge >= 0.3 is 0 Å². The maximum Gasteiger partial charge on any atom is 0.233 e. The predicted molar refractivity (Wildman–Crippen MR) is 115 cm³/mol. The molecule has 2 amide bonds. The molecule has 1 aromatic rings. The fraction of sp³-hybridized carbons (Fsp3) is 0.522. The summed E-state index contributed by atoms with van der Waals surface area (Å²) in [4.78, 5) is 31.2. The molecule has 1 saturated heterocycles. The Morgan fingerprint density at radius 2 is 1.83 bits per heavy atom. The smallest absolute Gasteiger partial charge is 0.233 e. The number of benzene rings is 1. The van der Waals surface area contributed by atoms with Gasteiger partial charge in [-0.05, 0) is 37.7 Å². The first-order valence-corrected chi connectivity index (χ1v) is 10.8. The molecule has 3 aliphatic rings. The highest BCUT2D eigenvalue weighted by atomic mass is 16.5. The quantitative estimate of drug-likeness (QED) is 0.225. The number of para-hydroxylation sites is 1. The lowest BCUT2D eigenvalue weighted by molar-refractivity contribution is -0.140. The fourth-order valence-corrected chi connectivity index (χ4v) is 4.97. The zero-order valence-electron chi connectivity index (χ0n) is 17.6. The van der Waals surface area contributed by atoms with Crippen molar-refractivity contribution >= 4 is 17.8 Å². The Kier molecular flexibility index (Phi) is 6.06. The number of amides is 2. The highest BCUT2D eigenvalue weighted by Gasteiger charge is 2.58. The molecular weight excluding hydrogens is 380 g/mol. The van der Waals surface area contributed by atoms with E-state index in [2.05, 4.69) is 27.8 Å². The number of ether oxygens (including phenoxy) is 1. The van der Waals surface area contributed by atoms with E-state index in [0.717, 1.165) is 17.7 Å². The van der Waals surface area contributed by atoms with E-state index in [0.29, 0.717) is 38.6 Å². The number of allylic oxidation sites excluding steroid dienone is 2. The zero-order valence-corrected chi connectivity index (χ0v) is 17.6. The molecule has 4 unspecified atom stereocenters. The monoisotopic (exact) mass is 410 g/mol. The lowest BCUT2D eigenvalue weighted by Gasteiger charge is -2.18. The van der Waals surface area contributed by atoms with Crippen molar-refractivity contribution in [2.45, 2.75) is 26.3 Å². The summed E-state index contributed by atoms with van der Waals surface area (Å²) in [7, 11) is 1.72.